The number of fused-ring (bicyclic) bond motifs is 1. The van der Waals surface area contributed by atoms with Crippen molar-refractivity contribution in [2.45, 2.75) is 32.0 Å². The van der Waals surface area contributed by atoms with Gasteiger partial charge in [0.2, 0.25) is 11.7 Å². The molecule has 0 bridgehead atoms. The van der Waals surface area contributed by atoms with E-state index in [1.54, 1.807) is 19.1 Å². The number of aryl methyl sites for hydroxylation is 2. The summed E-state index contributed by atoms with van der Waals surface area (Å²) in [5.74, 6) is 1.35. The van der Waals surface area contributed by atoms with Crippen LogP contribution in [0.25, 0.3) is 22.4 Å². The second kappa shape index (κ2) is 7.30. The number of para-hydroxylation sites is 2. The first kappa shape index (κ1) is 18.9. The topological polar surface area (TPSA) is 80.2 Å². The summed E-state index contributed by atoms with van der Waals surface area (Å²) < 4.78 is 21.5. The summed E-state index contributed by atoms with van der Waals surface area (Å²) in [6.45, 7) is 2.74. The minimum Gasteiger partial charge on any atom is -0.392 e. The average molecular weight is 407 g/mol. The first-order valence-corrected chi connectivity index (χ1v) is 9.92. The number of imidazole rings is 1. The lowest BCUT2D eigenvalue weighted by molar-refractivity contribution is 0.167. The summed E-state index contributed by atoms with van der Waals surface area (Å²) in [6.07, 6.45) is 0.00486. The highest BCUT2D eigenvalue weighted by Crippen LogP contribution is 2.34. The lowest BCUT2D eigenvalue weighted by Gasteiger charge is -2.20. The molecular weight excluding hydrogens is 385 g/mol. The summed E-state index contributed by atoms with van der Waals surface area (Å²) >= 11 is 0. The molecule has 1 aliphatic heterocycles. The third kappa shape index (κ3) is 3.28. The van der Waals surface area contributed by atoms with E-state index in [0.29, 0.717) is 42.4 Å². The maximum Gasteiger partial charge on any atom is 0.244 e. The molecule has 0 radical (unpaired) electrons. The molecule has 2 unspecified atom stereocenters. The molecule has 0 spiro atoms. The number of halogens is 1. The molecule has 2 atom stereocenters. The molecule has 1 fully saturated rings. The molecule has 4 aromatic rings. The lowest BCUT2D eigenvalue weighted by atomic mass is 10.1. The summed E-state index contributed by atoms with van der Waals surface area (Å²) in [7, 11) is 1.99. The van der Waals surface area contributed by atoms with Gasteiger partial charge in [-0.2, -0.15) is 4.98 Å². The van der Waals surface area contributed by atoms with Gasteiger partial charge in [-0.3, -0.25) is 4.90 Å². The number of hydrogen-bond acceptors (Lipinski definition) is 6. The number of hydrogen-bond donors (Lipinski definition) is 1. The van der Waals surface area contributed by atoms with Gasteiger partial charge < -0.3 is 14.2 Å². The van der Waals surface area contributed by atoms with Crippen molar-refractivity contribution in [3.63, 3.8) is 0 Å². The number of β-amino-alcohol motifs (C(OH)–C–C–N with tert-alkyl or cyclic N) is 1. The third-order valence-electron chi connectivity index (χ3n) is 5.76. The van der Waals surface area contributed by atoms with Crippen molar-refractivity contribution in [1.82, 2.24) is 24.6 Å². The zero-order valence-corrected chi connectivity index (χ0v) is 16.8. The highest BCUT2D eigenvalue weighted by Gasteiger charge is 2.36. The molecule has 1 N–H and O–H groups in total. The second-order valence-corrected chi connectivity index (χ2v) is 7.83. The normalized spacial score (nSPS) is 19.7. The second-order valence-electron chi connectivity index (χ2n) is 7.83. The van der Waals surface area contributed by atoms with Crippen molar-refractivity contribution in [3.05, 3.63) is 65.6 Å². The Labute approximate surface area is 172 Å². The maximum atomic E-state index is 13.9. The molecule has 1 aliphatic rings. The van der Waals surface area contributed by atoms with Gasteiger partial charge in [0.25, 0.3) is 0 Å². The van der Waals surface area contributed by atoms with Crippen LogP contribution < -0.4 is 0 Å². The summed E-state index contributed by atoms with van der Waals surface area (Å²) in [6, 6.07) is 12.6. The first-order chi connectivity index (χ1) is 14.5. The van der Waals surface area contributed by atoms with E-state index in [1.165, 1.54) is 6.07 Å². The molecule has 2 aromatic heterocycles. The van der Waals surface area contributed by atoms with Crippen molar-refractivity contribution in [3.8, 4) is 11.4 Å². The van der Waals surface area contributed by atoms with E-state index in [9.17, 15) is 9.50 Å². The van der Waals surface area contributed by atoms with Crippen molar-refractivity contribution < 1.29 is 14.0 Å². The molecular formula is C22H22FN5O2. The van der Waals surface area contributed by atoms with Crippen molar-refractivity contribution >= 4 is 11.0 Å². The van der Waals surface area contributed by atoms with Crippen LogP contribution in [0.2, 0.25) is 0 Å². The van der Waals surface area contributed by atoms with E-state index in [0.717, 1.165) is 16.9 Å². The summed E-state index contributed by atoms with van der Waals surface area (Å²) in [5.41, 5.74) is 3.13. The van der Waals surface area contributed by atoms with Crippen molar-refractivity contribution in [2.24, 2.45) is 7.05 Å². The van der Waals surface area contributed by atoms with Crippen LogP contribution in [-0.4, -0.2) is 42.3 Å². The van der Waals surface area contributed by atoms with Crippen LogP contribution in [-0.2, 0) is 13.6 Å². The van der Waals surface area contributed by atoms with Crippen LogP contribution in [0.15, 0.2) is 47.0 Å². The van der Waals surface area contributed by atoms with E-state index in [2.05, 4.69) is 19.6 Å². The summed E-state index contributed by atoms with van der Waals surface area (Å²) in [5, 5.41) is 14.3. The van der Waals surface area contributed by atoms with Gasteiger partial charge in [0.15, 0.2) is 0 Å². The Hall–Kier alpha value is -3.10. The fraction of sp³-hybridized carbons (Fsp3) is 0.318. The number of likely N-dealkylation sites (tertiary alicyclic amines) is 1. The van der Waals surface area contributed by atoms with Crippen LogP contribution >= 0.6 is 0 Å². The van der Waals surface area contributed by atoms with Gasteiger partial charge in [0.1, 0.15) is 11.6 Å². The highest BCUT2D eigenvalue weighted by molar-refractivity contribution is 5.75. The molecule has 3 heterocycles. The minimum absolute atomic E-state index is 0.226. The van der Waals surface area contributed by atoms with Gasteiger partial charge in [0, 0.05) is 19.2 Å². The Balaban J connectivity index is 1.42. The zero-order chi connectivity index (χ0) is 20.8. The standard InChI is InChI=1S/C22H22FN5O2/c1-13-7-8-14(9-16(13)23)21-25-22(30-26-21)19-10-15(29)11-28(19)12-20-24-17-5-3-4-6-18(17)27(20)2/h3-9,15,19,29H,10-12H2,1-2H3. The average Bonchev–Trinajstić information content (AvgIpc) is 3.43. The Morgan fingerprint density at radius 1 is 1.20 bits per heavy atom. The predicted molar refractivity (Wildman–Crippen MR) is 109 cm³/mol. The van der Waals surface area contributed by atoms with E-state index in [4.69, 9.17) is 9.51 Å². The Bertz CT molecular complexity index is 1220. The molecule has 0 amide bonds. The van der Waals surface area contributed by atoms with Gasteiger partial charge in [-0.05, 0) is 37.1 Å². The Kier molecular flexibility index (Phi) is 4.60. The molecule has 30 heavy (non-hydrogen) atoms. The zero-order valence-electron chi connectivity index (χ0n) is 16.8. The fourth-order valence-electron chi connectivity index (χ4n) is 4.05. The first-order valence-electron chi connectivity index (χ1n) is 9.92. The lowest BCUT2D eigenvalue weighted by Crippen LogP contribution is -2.26. The molecule has 8 heteroatoms. The number of aromatic nitrogens is 4. The van der Waals surface area contributed by atoms with Gasteiger partial charge in [-0.1, -0.05) is 29.4 Å². The third-order valence-corrected chi connectivity index (χ3v) is 5.76. The molecule has 5 rings (SSSR count). The summed E-state index contributed by atoms with van der Waals surface area (Å²) in [4.78, 5) is 11.3. The quantitative estimate of drug-likeness (QED) is 0.559. The van der Waals surface area contributed by atoms with E-state index in [1.807, 2.05) is 31.3 Å². The number of aliphatic hydroxyl groups is 1. The maximum absolute atomic E-state index is 13.9. The van der Waals surface area contributed by atoms with Crippen LogP contribution in [0.5, 0.6) is 0 Å². The van der Waals surface area contributed by atoms with Crippen LogP contribution in [0.1, 0.15) is 29.7 Å². The molecule has 7 nitrogen and oxygen atoms in total. The van der Waals surface area contributed by atoms with Crippen LogP contribution in [0.3, 0.4) is 0 Å². The number of aliphatic hydroxyl groups excluding tert-OH is 1. The molecule has 2 aromatic carbocycles. The van der Waals surface area contributed by atoms with E-state index < -0.39 is 6.10 Å². The largest absolute Gasteiger partial charge is 0.392 e. The highest BCUT2D eigenvalue weighted by atomic mass is 19.1. The minimum atomic E-state index is -0.489. The molecule has 0 aliphatic carbocycles. The Morgan fingerprint density at radius 3 is 2.83 bits per heavy atom. The number of nitrogens with zero attached hydrogens (tertiary/aromatic N) is 5. The van der Waals surface area contributed by atoms with E-state index >= 15 is 0 Å². The smallest absolute Gasteiger partial charge is 0.244 e. The fourth-order valence-corrected chi connectivity index (χ4v) is 4.05. The van der Waals surface area contributed by atoms with Gasteiger partial charge in [-0.25, -0.2) is 9.37 Å². The molecule has 1 saturated heterocycles. The van der Waals surface area contributed by atoms with Crippen LogP contribution in [0.4, 0.5) is 4.39 Å². The van der Waals surface area contributed by atoms with E-state index in [-0.39, 0.29) is 11.9 Å². The van der Waals surface area contributed by atoms with Gasteiger partial charge in [-0.15, -0.1) is 0 Å². The number of rotatable bonds is 4. The predicted octanol–water partition coefficient (Wildman–Crippen LogP) is 3.38. The Morgan fingerprint density at radius 2 is 2.03 bits per heavy atom. The van der Waals surface area contributed by atoms with Gasteiger partial charge in [0.05, 0.1) is 29.7 Å². The molecule has 0 saturated carbocycles. The van der Waals surface area contributed by atoms with Crippen molar-refractivity contribution in [2.75, 3.05) is 6.54 Å². The molecule has 154 valence electrons. The van der Waals surface area contributed by atoms with Crippen molar-refractivity contribution in [1.29, 1.82) is 0 Å². The van der Waals surface area contributed by atoms with Gasteiger partial charge >= 0.3 is 0 Å². The number of benzene rings is 2. The SMILES string of the molecule is Cc1ccc(-c2noc(C3CC(O)CN3Cc3nc4ccccc4n3C)n2)cc1F. The van der Waals surface area contributed by atoms with Crippen LogP contribution in [0, 0.1) is 12.7 Å². The monoisotopic (exact) mass is 407 g/mol.